The Balaban J connectivity index is 2.30. The highest BCUT2D eigenvalue weighted by Crippen LogP contribution is 2.23. The van der Waals surface area contributed by atoms with E-state index < -0.39 is 21.9 Å². The lowest BCUT2D eigenvalue weighted by atomic mass is 10.1. The third kappa shape index (κ3) is 4.34. The number of rotatable bonds is 5. The van der Waals surface area contributed by atoms with Crippen molar-refractivity contribution < 1.29 is 27.5 Å². The predicted molar refractivity (Wildman–Crippen MR) is 90.1 cm³/mol. The Morgan fingerprint density at radius 2 is 1.68 bits per heavy atom. The Labute approximate surface area is 144 Å². The number of sulfonamides is 1. The number of primary sulfonamides is 1. The third-order valence-electron chi connectivity index (χ3n) is 3.31. The van der Waals surface area contributed by atoms with E-state index in [2.05, 4.69) is 10.1 Å². The molecule has 2 aromatic rings. The van der Waals surface area contributed by atoms with Crippen molar-refractivity contribution in [3.63, 3.8) is 0 Å². The van der Waals surface area contributed by atoms with Crippen LogP contribution >= 0.6 is 0 Å². The van der Waals surface area contributed by atoms with Gasteiger partial charge in [-0.1, -0.05) is 0 Å². The van der Waals surface area contributed by atoms with Crippen LogP contribution in [0.4, 0.5) is 5.69 Å². The molecule has 0 aromatic heterocycles. The average Bonchev–Trinajstić information content (AvgIpc) is 2.60. The van der Waals surface area contributed by atoms with Gasteiger partial charge in [0.1, 0.15) is 5.75 Å². The molecule has 3 N–H and O–H groups in total. The fourth-order valence-electron chi connectivity index (χ4n) is 2.05. The molecule has 0 aliphatic carbocycles. The van der Waals surface area contributed by atoms with Crippen molar-refractivity contribution >= 4 is 27.6 Å². The zero-order chi connectivity index (χ0) is 18.6. The maximum atomic E-state index is 12.4. The molecular weight excluding hydrogens is 348 g/mol. The van der Waals surface area contributed by atoms with Crippen molar-refractivity contribution in [2.45, 2.75) is 4.90 Å². The summed E-state index contributed by atoms with van der Waals surface area (Å²) in [5, 5.41) is 7.67. The van der Waals surface area contributed by atoms with E-state index >= 15 is 0 Å². The fraction of sp³-hybridized carbons (Fsp3) is 0.125. The number of methoxy groups -OCH3 is 2. The number of nitrogens with one attached hydrogen (secondary N) is 1. The number of hydrogen-bond donors (Lipinski definition) is 2. The highest BCUT2D eigenvalue weighted by atomic mass is 32.2. The summed E-state index contributed by atoms with van der Waals surface area (Å²) in [5.74, 6) is -0.898. The molecule has 0 fully saturated rings. The Morgan fingerprint density at radius 3 is 2.20 bits per heavy atom. The molecule has 0 unspecified atom stereocenters. The second-order valence-corrected chi connectivity index (χ2v) is 6.49. The molecule has 25 heavy (non-hydrogen) atoms. The molecule has 0 bridgehead atoms. The molecule has 0 saturated heterocycles. The molecular formula is C16H16N2O6S. The molecule has 0 spiro atoms. The van der Waals surface area contributed by atoms with Gasteiger partial charge in [-0.3, -0.25) is 4.79 Å². The second kappa shape index (κ2) is 7.32. The first-order valence-electron chi connectivity index (χ1n) is 6.97. The van der Waals surface area contributed by atoms with E-state index in [1.165, 1.54) is 50.6 Å². The van der Waals surface area contributed by atoms with E-state index in [4.69, 9.17) is 9.88 Å². The van der Waals surface area contributed by atoms with E-state index in [-0.39, 0.29) is 16.2 Å². The molecule has 0 radical (unpaired) electrons. The molecule has 9 heteroatoms. The van der Waals surface area contributed by atoms with Gasteiger partial charge in [0.05, 0.1) is 30.2 Å². The van der Waals surface area contributed by atoms with E-state index in [1.54, 1.807) is 0 Å². The minimum absolute atomic E-state index is 0.00562. The summed E-state index contributed by atoms with van der Waals surface area (Å²) >= 11 is 0. The van der Waals surface area contributed by atoms with Crippen molar-refractivity contribution in [3.05, 3.63) is 53.6 Å². The van der Waals surface area contributed by atoms with Gasteiger partial charge in [0, 0.05) is 5.69 Å². The predicted octanol–water partition coefficient (Wildman–Crippen LogP) is 1.38. The topological polar surface area (TPSA) is 125 Å². The summed E-state index contributed by atoms with van der Waals surface area (Å²) in [6.07, 6.45) is 0. The smallest absolute Gasteiger partial charge is 0.337 e. The van der Waals surface area contributed by atoms with Gasteiger partial charge in [-0.15, -0.1) is 0 Å². The quantitative estimate of drug-likeness (QED) is 0.772. The molecule has 0 heterocycles. The van der Waals surface area contributed by atoms with Crippen molar-refractivity contribution in [2.24, 2.45) is 5.14 Å². The van der Waals surface area contributed by atoms with Gasteiger partial charge in [-0.05, 0) is 42.5 Å². The van der Waals surface area contributed by atoms with Crippen molar-refractivity contribution in [3.8, 4) is 5.75 Å². The lowest BCUT2D eigenvalue weighted by molar-refractivity contribution is 0.0600. The van der Waals surface area contributed by atoms with Crippen molar-refractivity contribution in [2.75, 3.05) is 19.5 Å². The molecule has 1 amide bonds. The first kappa shape index (κ1) is 18.4. The lowest BCUT2D eigenvalue weighted by Crippen LogP contribution is -2.16. The van der Waals surface area contributed by atoms with Gasteiger partial charge in [0.15, 0.2) is 0 Å². The Hall–Kier alpha value is -2.91. The van der Waals surface area contributed by atoms with Crippen LogP contribution in [0, 0.1) is 0 Å². The number of amides is 1. The Kier molecular flexibility index (Phi) is 5.40. The number of carbonyl (C=O) groups is 2. The van der Waals surface area contributed by atoms with Gasteiger partial charge in [-0.2, -0.15) is 0 Å². The van der Waals surface area contributed by atoms with E-state index in [0.717, 1.165) is 6.07 Å². The van der Waals surface area contributed by atoms with Gasteiger partial charge < -0.3 is 14.8 Å². The number of carbonyl (C=O) groups excluding carboxylic acids is 2. The standard InChI is InChI=1S/C16H16N2O6S/c1-23-14-8-7-12(25(17,21)22)9-13(14)15(19)18-11-5-3-10(4-6-11)16(20)24-2/h3-9H,1-2H3,(H,18,19)(H2,17,21,22). The summed E-state index contributed by atoms with van der Waals surface area (Å²) in [6.45, 7) is 0. The van der Waals surface area contributed by atoms with Crippen LogP contribution in [0.25, 0.3) is 0 Å². The molecule has 0 aliphatic rings. The first-order valence-corrected chi connectivity index (χ1v) is 8.51. The molecule has 0 atom stereocenters. The van der Waals surface area contributed by atoms with Crippen LogP contribution in [-0.4, -0.2) is 34.5 Å². The largest absolute Gasteiger partial charge is 0.496 e. The summed E-state index contributed by atoms with van der Waals surface area (Å²) in [6, 6.07) is 9.72. The molecule has 8 nitrogen and oxygen atoms in total. The Morgan fingerprint density at radius 1 is 1.04 bits per heavy atom. The summed E-state index contributed by atoms with van der Waals surface area (Å²) in [4.78, 5) is 23.6. The second-order valence-electron chi connectivity index (χ2n) is 4.93. The first-order chi connectivity index (χ1) is 11.8. The third-order valence-corrected chi connectivity index (χ3v) is 4.22. The van der Waals surface area contributed by atoms with Crippen molar-refractivity contribution in [1.29, 1.82) is 0 Å². The SMILES string of the molecule is COC(=O)c1ccc(NC(=O)c2cc(S(N)(=O)=O)ccc2OC)cc1. The number of benzene rings is 2. The van der Waals surface area contributed by atoms with Crippen LogP contribution in [0.2, 0.25) is 0 Å². The van der Waals surface area contributed by atoms with Gasteiger partial charge in [0.25, 0.3) is 5.91 Å². The number of hydrogen-bond acceptors (Lipinski definition) is 6. The summed E-state index contributed by atoms with van der Waals surface area (Å²) < 4.78 is 32.6. The van der Waals surface area contributed by atoms with E-state index in [0.29, 0.717) is 11.3 Å². The number of esters is 1. The summed E-state index contributed by atoms with van der Waals surface area (Å²) in [7, 11) is -1.34. The molecule has 0 saturated carbocycles. The van der Waals surface area contributed by atoms with Crippen LogP contribution in [0.1, 0.15) is 20.7 Å². The van der Waals surface area contributed by atoms with Crippen LogP contribution in [0.5, 0.6) is 5.75 Å². The van der Waals surface area contributed by atoms with E-state index in [9.17, 15) is 18.0 Å². The normalized spacial score (nSPS) is 10.8. The van der Waals surface area contributed by atoms with Gasteiger partial charge in [0.2, 0.25) is 10.0 Å². The molecule has 132 valence electrons. The molecule has 2 rings (SSSR count). The zero-order valence-electron chi connectivity index (χ0n) is 13.5. The minimum atomic E-state index is -3.96. The monoisotopic (exact) mass is 364 g/mol. The number of nitrogens with two attached hydrogens (primary N) is 1. The Bertz CT molecular complexity index is 907. The number of ether oxygens (including phenoxy) is 2. The maximum Gasteiger partial charge on any atom is 0.337 e. The highest BCUT2D eigenvalue weighted by molar-refractivity contribution is 7.89. The zero-order valence-corrected chi connectivity index (χ0v) is 14.3. The van der Waals surface area contributed by atoms with Gasteiger partial charge >= 0.3 is 5.97 Å². The highest BCUT2D eigenvalue weighted by Gasteiger charge is 2.17. The lowest BCUT2D eigenvalue weighted by Gasteiger charge is -2.11. The van der Waals surface area contributed by atoms with Crippen molar-refractivity contribution in [1.82, 2.24) is 0 Å². The number of anilines is 1. The van der Waals surface area contributed by atoms with Crippen LogP contribution in [-0.2, 0) is 14.8 Å². The average molecular weight is 364 g/mol. The van der Waals surface area contributed by atoms with Crippen LogP contribution in [0.3, 0.4) is 0 Å². The molecule has 2 aromatic carbocycles. The van der Waals surface area contributed by atoms with Crippen LogP contribution in [0.15, 0.2) is 47.4 Å². The van der Waals surface area contributed by atoms with E-state index in [1.807, 2.05) is 0 Å². The fourth-order valence-corrected chi connectivity index (χ4v) is 2.59. The van der Waals surface area contributed by atoms with Gasteiger partial charge in [-0.25, -0.2) is 18.4 Å². The maximum absolute atomic E-state index is 12.4. The minimum Gasteiger partial charge on any atom is -0.496 e. The summed E-state index contributed by atoms with van der Waals surface area (Å²) in [5.41, 5.74) is 0.737. The molecule has 0 aliphatic heterocycles. The van der Waals surface area contributed by atoms with Crippen LogP contribution < -0.4 is 15.2 Å².